The van der Waals surface area contributed by atoms with Gasteiger partial charge in [-0.25, -0.2) is 0 Å². The predicted octanol–water partition coefficient (Wildman–Crippen LogP) is 1.19. The Morgan fingerprint density at radius 1 is 1.46 bits per heavy atom. The molecule has 1 saturated carbocycles. The monoisotopic (exact) mass is 337 g/mol. The van der Waals surface area contributed by atoms with E-state index in [1.807, 2.05) is 4.90 Å². The van der Waals surface area contributed by atoms with Crippen molar-refractivity contribution >= 4 is 5.91 Å². The van der Waals surface area contributed by atoms with Gasteiger partial charge in [-0.3, -0.25) is 4.79 Å². The largest absolute Gasteiger partial charge is 0.479 e. The third kappa shape index (κ3) is 4.95. The highest BCUT2D eigenvalue weighted by molar-refractivity contribution is 5.76. The van der Waals surface area contributed by atoms with Crippen LogP contribution in [0.5, 0.6) is 5.88 Å². The van der Waals surface area contributed by atoms with Crippen molar-refractivity contribution in [2.75, 3.05) is 46.9 Å². The highest BCUT2D eigenvalue weighted by atomic mass is 16.5. The minimum absolute atomic E-state index is 0.108. The SMILES string of the molecule is COc1cc(CCC(=O)N(CC2CC2)CC2CN(C)CCO2)on1. The van der Waals surface area contributed by atoms with Crippen molar-refractivity contribution in [2.45, 2.75) is 31.8 Å². The number of ether oxygens (including phenoxy) is 2. The topological polar surface area (TPSA) is 68.0 Å². The molecule has 7 heteroatoms. The Morgan fingerprint density at radius 2 is 2.29 bits per heavy atom. The molecule has 1 unspecified atom stereocenters. The van der Waals surface area contributed by atoms with E-state index < -0.39 is 0 Å². The zero-order chi connectivity index (χ0) is 16.9. The van der Waals surface area contributed by atoms with E-state index in [1.165, 1.54) is 12.8 Å². The number of amides is 1. The molecule has 1 aromatic rings. The summed E-state index contributed by atoms with van der Waals surface area (Å²) in [5, 5.41) is 3.77. The zero-order valence-corrected chi connectivity index (χ0v) is 14.6. The van der Waals surface area contributed by atoms with E-state index in [4.69, 9.17) is 14.0 Å². The summed E-state index contributed by atoms with van der Waals surface area (Å²) in [4.78, 5) is 16.9. The van der Waals surface area contributed by atoms with Gasteiger partial charge in [0.25, 0.3) is 5.88 Å². The molecule has 2 heterocycles. The molecule has 0 radical (unpaired) electrons. The van der Waals surface area contributed by atoms with Crippen LogP contribution in [0.3, 0.4) is 0 Å². The summed E-state index contributed by atoms with van der Waals surface area (Å²) in [6.45, 7) is 4.11. The second-order valence-electron chi connectivity index (χ2n) is 6.83. The number of aromatic nitrogens is 1. The average Bonchev–Trinajstić information content (AvgIpc) is 3.27. The Morgan fingerprint density at radius 3 is 2.96 bits per heavy atom. The van der Waals surface area contributed by atoms with Crippen molar-refractivity contribution < 1.29 is 18.8 Å². The number of rotatable bonds is 8. The minimum Gasteiger partial charge on any atom is -0.479 e. The summed E-state index contributed by atoms with van der Waals surface area (Å²) < 4.78 is 16.0. The van der Waals surface area contributed by atoms with E-state index in [1.54, 1.807) is 13.2 Å². The fourth-order valence-corrected chi connectivity index (χ4v) is 3.01. The molecule has 3 rings (SSSR count). The molecule has 1 atom stereocenters. The first kappa shape index (κ1) is 17.2. The lowest BCUT2D eigenvalue weighted by atomic mass is 10.2. The Balaban J connectivity index is 1.52. The van der Waals surface area contributed by atoms with E-state index in [0.29, 0.717) is 36.9 Å². The number of methoxy groups -OCH3 is 1. The molecule has 0 N–H and O–H groups in total. The Hall–Kier alpha value is -1.60. The standard InChI is InChI=1S/C17H27N3O4/c1-19-7-8-23-15(11-19)12-20(10-13-3-4-13)17(21)6-5-14-9-16(22-2)18-24-14/h9,13,15H,3-8,10-12H2,1-2H3. The summed E-state index contributed by atoms with van der Waals surface area (Å²) in [6.07, 6.45) is 3.54. The number of aryl methyl sites for hydroxylation is 1. The first-order valence-corrected chi connectivity index (χ1v) is 8.71. The summed E-state index contributed by atoms with van der Waals surface area (Å²) in [5.74, 6) is 1.96. The lowest BCUT2D eigenvalue weighted by molar-refractivity contribution is -0.134. The molecule has 1 aromatic heterocycles. The van der Waals surface area contributed by atoms with Gasteiger partial charge in [-0.15, -0.1) is 0 Å². The maximum absolute atomic E-state index is 12.7. The van der Waals surface area contributed by atoms with Crippen LogP contribution in [0.4, 0.5) is 0 Å². The van der Waals surface area contributed by atoms with Crippen molar-refractivity contribution in [3.63, 3.8) is 0 Å². The molecule has 0 aromatic carbocycles. The zero-order valence-electron chi connectivity index (χ0n) is 14.6. The molecule has 7 nitrogen and oxygen atoms in total. The van der Waals surface area contributed by atoms with Crippen LogP contribution in [0.1, 0.15) is 25.0 Å². The summed E-state index contributed by atoms with van der Waals surface area (Å²) in [5.41, 5.74) is 0. The van der Waals surface area contributed by atoms with E-state index >= 15 is 0 Å². The summed E-state index contributed by atoms with van der Waals surface area (Å²) in [7, 11) is 3.64. The van der Waals surface area contributed by atoms with Gasteiger partial charge in [-0.05, 0) is 31.0 Å². The van der Waals surface area contributed by atoms with Crippen LogP contribution in [0, 0.1) is 5.92 Å². The number of hydrogen-bond acceptors (Lipinski definition) is 6. The van der Waals surface area contributed by atoms with Crippen molar-refractivity contribution in [2.24, 2.45) is 5.92 Å². The Bertz CT molecular complexity index is 544. The molecule has 1 amide bonds. The molecule has 0 spiro atoms. The highest BCUT2D eigenvalue weighted by Gasteiger charge is 2.29. The third-order valence-corrected chi connectivity index (χ3v) is 4.63. The number of likely N-dealkylation sites (N-methyl/N-ethyl adjacent to an activating group) is 1. The molecule has 2 fully saturated rings. The summed E-state index contributed by atoms with van der Waals surface area (Å²) >= 11 is 0. The van der Waals surface area contributed by atoms with Gasteiger partial charge < -0.3 is 23.8 Å². The molecular formula is C17H27N3O4. The van der Waals surface area contributed by atoms with Crippen LogP contribution >= 0.6 is 0 Å². The molecule has 1 aliphatic carbocycles. The van der Waals surface area contributed by atoms with Crippen LogP contribution in [-0.2, 0) is 16.0 Å². The van der Waals surface area contributed by atoms with Crippen molar-refractivity contribution in [1.82, 2.24) is 15.0 Å². The lowest BCUT2D eigenvalue weighted by Crippen LogP contribution is -2.48. The van der Waals surface area contributed by atoms with Gasteiger partial charge in [-0.2, -0.15) is 0 Å². The van der Waals surface area contributed by atoms with Crippen molar-refractivity contribution in [1.29, 1.82) is 0 Å². The normalized spacial score (nSPS) is 21.7. The van der Waals surface area contributed by atoms with E-state index in [-0.39, 0.29) is 12.0 Å². The van der Waals surface area contributed by atoms with Gasteiger partial charge in [-0.1, -0.05) is 0 Å². The molecule has 2 aliphatic rings. The first-order valence-electron chi connectivity index (χ1n) is 8.71. The van der Waals surface area contributed by atoms with Gasteiger partial charge in [0, 0.05) is 45.1 Å². The van der Waals surface area contributed by atoms with Crippen LogP contribution < -0.4 is 4.74 Å². The van der Waals surface area contributed by atoms with Gasteiger partial charge in [0.15, 0.2) is 0 Å². The quantitative estimate of drug-likeness (QED) is 0.710. The molecule has 1 aliphatic heterocycles. The Kier molecular flexibility index (Phi) is 5.73. The van der Waals surface area contributed by atoms with Gasteiger partial charge in [0.2, 0.25) is 5.91 Å². The number of carbonyl (C=O) groups is 1. The van der Waals surface area contributed by atoms with E-state index in [2.05, 4.69) is 17.1 Å². The maximum atomic E-state index is 12.7. The van der Waals surface area contributed by atoms with Crippen molar-refractivity contribution in [3.05, 3.63) is 11.8 Å². The van der Waals surface area contributed by atoms with Crippen LogP contribution in [-0.4, -0.2) is 73.9 Å². The molecule has 1 saturated heterocycles. The minimum atomic E-state index is 0.108. The molecule has 24 heavy (non-hydrogen) atoms. The summed E-state index contributed by atoms with van der Waals surface area (Å²) in [6, 6.07) is 1.73. The molecular weight excluding hydrogens is 310 g/mol. The van der Waals surface area contributed by atoms with E-state index in [9.17, 15) is 4.79 Å². The Labute approximate surface area is 142 Å². The smallest absolute Gasteiger partial charge is 0.254 e. The third-order valence-electron chi connectivity index (χ3n) is 4.63. The van der Waals surface area contributed by atoms with Gasteiger partial charge in [0.1, 0.15) is 5.76 Å². The van der Waals surface area contributed by atoms with Gasteiger partial charge >= 0.3 is 0 Å². The van der Waals surface area contributed by atoms with Gasteiger partial charge in [0.05, 0.1) is 19.8 Å². The van der Waals surface area contributed by atoms with Crippen LogP contribution in [0.25, 0.3) is 0 Å². The highest BCUT2D eigenvalue weighted by Crippen LogP contribution is 2.30. The predicted molar refractivity (Wildman–Crippen MR) is 87.9 cm³/mol. The number of morpholine rings is 1. The number of nitrogens with zero attached hydrogens (tertiary/aromatic N) is 3. The lowest BCUT2D eigenvalue weighted by Gasteiger charge is -2.34. The van der Waals surface area contributed by atoms with E-state index in [0.717, 1.165) is 26.2 Å². The maximum Gasteiger partial charge on any atom is 0.254 e. The second-order valence-corrected chi connectivity index (χ2v) is 6.83. The van der Waals surface area contributed by atoms with Crippen molar-refractivity contribution in [3.8, 4) is 5.88 Å². The average molecular weight is 337 g/mol. The second kappa shape index (κ2) is 7.98. The van der Waals surface area contributed by atoms with Crippen LogP contribution in [0.2, 0.25) is 0 Å². The number of hydrogen-bond donors (Lipinski definition) is 0. The fourth-order valence-electron chi connectivity index (χ4n) is 3.01. The van der Waals surface area contributed by atoms with Crippen LogP contribution in [0.15, 0.2) is 10.6 Å². The fraction of sp³-hybridized carbons (Fsp3) is 0.765. The molecule has 0 bridgehead atoms. The molecule has 134 valence electrons. The first-order chi connectivity index (χ1) is 11.6. The number of carbonyl (C=O) groups excluding carboxylic acids is 1.